The van der Waals surface area contributed by atoms with Crippen molar-refractivity contribution in [2.45, 2.75) is 26.2 Å². The average Bonchev–Trinajstić information content (AvgIpc) is 2.77. The van der Waals surface area contributed by atoms with Crippen LogP contribution in [-0.4, -0.2) is 63.2 Å². The van der Waals surface area contributed by atoms with Crippen molar-refractivity contribution in [1.82, 2.24) is 20.4 Å². The number of guanidine groups is 1. The van der Waals surface area contributed by atoms with Gasteiger partial charge in [-0.25, -0.2) is 4.39 Å². The number of hydrogen-bond acceptors (Lipinski definition) is 4. The molecular weight excluding hydrogens is 520 g/mol. The van der Waals surface area contributed by atoms with E-state index in [1.165, 1.54) is 17.2 Å². The molecule has 0 unspecified atom stereocenters. The summed E-state index contributed by atoms with van der Waals surface area (Å²) in [5.41, 5.74) is 4.30. The zero-order valence-corrected chi connectivity index (χ0v) is 21.6. The molecule has 2 aromatic rings. The SMILES string of the molecule is CN=C(NCc1ccc(F)c(CN(C)C)c1)NCc1ccccc1CN1CCOCC1.I. The van der Waals surface area contributed by atoms with Crippen molar-refractivity contribution in [3.63, 3.8) is 0 Å². The standard InChI is InChI=1S/C24H34FN5O.HI/c1-26-24(27-15-19-8-9-23(25)22(14-19)17-29(2)3)28-16-20-6-4-5-7-21(20)18-30-10-12-31-13-11-30;/h4-9,14H,10-13,15-18H2,1-3H3,(H2,26,27,28);1H. The lowest BCUT2D eigenvalue weighted by molar-refractivity contribution is 0.0341. The number of benzene rings is 2. The second kappa shape index (κ2) is 13.7. The van der Waals surface area contributed by atoms with E-state index in [1.807, 2.05) is 31.1 Å². The summed E-state index contributed by atoms with van der Waals surface area (Å²) in [5, 5.41) is 6.74. The minimum atomic E-state index is -0.170. The van der Waals surface area contributed by atoms with Gasteiger partial charge in [-0.2, -0.15) is 0 Å². The lowest BCUT2D eigenvalue weighted by Crippen LogP contribution is -2.37. The van der Waals surface area contributed by atoms with Gasteiger partial charge >= 0.3 is 0 Å². The van der Waals surface area contributed by atoms with E-state index >= 15 is 0 Å². The van der Waals surface area contributed by atoms with Gasteiger partial charge in [-0.3, -0.25) is 9.89 Å². The number of nitrogens with one attached hydrogen (secondary N) is 2. The molecule has 1 heterocycles. The second-order valence-corrected chi connectivity index (χ2v) is 8.10. The molecule has 1 aliphatic heterocycles. The highest BCUT2D eigenvalue weighted by Gasteiger charge is 2.13. The Kier molecular flexibility index (Phi) is 11.4. The molecule has 2 aromatic carbocycles. The van der Waals surface area contributed by atoms with Crippen LogP contribution in [0.25, 0.3) is 0 Å². The number of morpholine rings is 1. The maximum atomic E-state index is 14.0. The van der Waals surface area contributed by atoms with Crippen molar-refractivity contribution in [3.05, 3.63) is 70.5 Å². The van der Waals surface area contributed by atoms with E-state index < -0.39 is 0 Å². The number of ether oxygens (including phenoxy) is 1. The zero-order chi connectivity index (χ0) is 22.1. The Hall–Kier alpha value is -1.75. The van der Waals surface area contributed by atoms with Crippen molar-refractivity contribution in [2.24, 2.45) is 4.99 Å². The normalized spacial score (nSPS) is 14.8. The van der Waals surface area contributed by atoms with Gasteiger partial charge in [0.25, 0.3) is 0 Å². The molecule has 0 amide bonds. The predicted molar refractivity (Wildman–Crippen MR) is 139 cm³/mol. The van der Waals surface area contributed by atoms with Crippen LogP contribution in [0, 0.1) is 5.82 Å². The summed E-state index contributed by atoms with van der Waals surface area (Å²) in [4.78, 5) is 8.73. The molecule has 32 heavy (non-hydrogen) atoms. The van der Waals surface area contributed by atoms with Gasteiger partial charge in [-0.1, -0.05) is 30.3 Å². The van der Waals surface area contributed by atoms with E-state index in [1.54, 1.807) is 7.05 Å². The molecule has 8 heteroatoms. The van der Waals surface area contributed by atoms with Crippen LogP contribution in [0.4, 0.5) is 4.39 Å². The van der Waals surface area contributed by atoms with Gasteiger partial charge in [0.05, 0.1) is 13.2 Å². The number of rotatable bonds is 8. The number of aliphatic imine (C=N–C) groups is 1. The Labute approximate surface area is 208 Å². The lowest BCUT2D eigenvalue weighted by atomic mass is 10.1. The number of nitrogens with zero attached hydrogens (tertiary/aromatic N) is 3. The van der Waals surface area contributed by atoms with Gasteiger partial charge in [0.1, 0.15) is 5.82 Å². The van der Waals surface area contributed by atoms with Gasteiger partial charge < -0.3 is 20.3 Å². The molecule has 176 valence electrons. The van der Waals surface area contributed by atoms with E-state index in [4.69, 9.17) is 4.74 Å². The van der Waals surface area contributed by atoms with Crippen molar-refractivity contribution in [3.8, 4) is 0 Å². The maximum Gasteiger partial charge on any atom is 0.191 e. The molecule has 1 aliphatic rings. The van der Waals surface area contributed by atoms with Gasteiger partial charge in [0.2, 0.25) is 0 Å². The number of halogens is 2. The van der Waals surface area contributed by atoms with Crippen molar-refractivity contribution < 1.29 is 9.13 Å². The quantitative estimate of drug-likeness (QED) is 0.298. The van der Waals surface area contributed by atoms with Gasteiger partial charge in [0, 0.05) is 51.9 Å². The Balaban J connectivity index is 0.00000363. The molecular formula is C24H35FIN5O. The Bertz CT molecular complexity index is 871. The summed E-state index contributed by atoms with van der Waals surface area (Å²) in [6, 6.07) is 13.8. The van der Waals surface area contributed by atoms with Gasteiger partial charge in [-0.15, -0.1) is 24.0 Å². The first-order valence-electron chi connectivity index (χ1n) is 10.8. The molecule has 0 aliphatic carbocycles. The highest BCUT2D eigenvalue weighted by atomic mass is 127. The first-order valence-corrected chi connectivity index (χ1v) is 10.8. The van der Waals surface area contributed by atoms with Crippen molar-refractivity contribution in [1.29, 1.82) is 0 Å². The van der Waals surface area contributed by atoms with E-state index in [-0.39, 0.29) is 29.8 Å². The second-order valence-electron chi connectivity index (χ2n) is 8.10. The van der Waals surface area contributed by atoms with E-state index in [2.05, 4.69) is 44.8 Å². The van der Waals surface area contributed by atoms with E-state index in [0.717, 1.165) is 44.4 Å². The van der Waals surface area contributed by atoms with Crippen LogP contribution < -0.4 is 10.6 Å². The topological polar surface area (TPSA) is 52.1 Å². The Morgan fingerprint density at radius 2 is 1.72 bits per heavy atom. The third-order valence-electron chi connectivity index (χ3n) is 5.34. The largest absolute Gasteiger partial charge is 0.379 e. The minimum absolute atomic E-state index is 0. The molecule has 0 atom stereocenters. The highest BCUT2D eigenvalue weighted by molar-refractivity contribution is 14.0. The molecule has 3 rings (SSSR count). The van der Waals surface area contributed by atoms with Crippen molar-refractivity contribution in [2.75, 3.05) is 47.4 Å². The summed E-state index contributed by atoms with van der Waals surface area (Å²) in [6.07, 6.45) is 0. The third-order valence-corrected chi connectivity index (χ3v) is 5.34. The fourth-order valence-corrected chi connectivity index (χ4v) is 3.67. The van der Waals surface area contributed by atoms with Crippen molar-refractivity contribution >= 4 is 29.9 Å². The Morgan fingerprint density at radius 3 is 2.41 bits per heavy atom. The molecule has 6 nitrogen and oxygen atoms in total. The molecule has 0 saturated carbocycles. The van der Waals surface area contributed by atoms with Crippen LogP contribution in [0.5, 0.6) is 0 Å². The van der Waals surface area contributed by atoms with Crippen LogP contribution in [-0.2, 0) is 30.9 Å². The minimum Gasteiger partial charge on any atom is -0.379 e. The molecule has 0 bridgehead atoms. The van der Waals surface area contributed by atoms with Crippen LogP contribution in [0.3, 0.4) is 0 Å². The predicted octanol–water partition coefficient (Wildman–Crippen LogP) is 3.20. The van der Waals surface area contributed by atoms with E-state index in [9.17, 15) is 4.39 Å². The fourth-order valence-electron chi connectivity index (χ4n) is 3.67. The number of hydrogen-bond donors (Lipinski definition) is 2. The van der Waals surface area contributed by atoms with Crippen LogP contribution >= 0.6 is 24.0 Å². The van der Waals surface area contributed by atoms with Crippen LogP contribution in [0.1, 0.15) is 22.3 Å². The lowest BCUT2D eigenvalue weighted by Gasteiger charge is -2.27. The molecule has 1 saturated heterocycles. The first-order chi connectivity index (χ1) is 15.0. The molecule has 2 N–H and O–H groups in total. The average molecular weight is 555 g/mol. The Morgan fingerprint density at radius 1 is 1.03 bits per heavy atom. The maximum absolute atomic E-state index is 14.0. The monoisotopic (exact) mass is 555 g/mol. The third kappa shape index (κ3) is 8.31. The van der Waals surface area contributed by atoms with Crippen LogP contribution in [0.2, 0.25) is 0 Å². The summed E-state index contributed by atoms with van der Waals surface area (Å²) in [6.45, 7) is 6.32. The summed E-state index contributed by atoms with van der Waals surface area (Å²) >= 11 is 0. The van der Waals surface area contributed by atoms with E-state index in [0.29, 0.717) is 25.2 Å². The molecule has 1 fully saturated rings. The first kappa shape index (κ1) is 26.5. The summed E-state index contributed by atoms with van der Waals surface area (Å²) in [5.74, 6) is 0.552. The van der Waals surface area contributed by atoms with Gasteiger partial charge in [-0.05, 0) is 42.9 Å². The summed E-state index contributed by atoms with van der Waals surface area (Å²) in [7, 11) is 5.64. The smallest absolute Gasteiger partial charge is 0.191 e. The zero-order valence-electron chi connectivity index (χ0n) is 19.2. The fraction of sp³-hybridized carbons (Fsp3) is 0.458. The molecule has 0 radical (unpaired) electrons. The summed E-state index contributed by atoms with van der Waals surface area (Å²) < 4.78 is 19.5. The van der Waals surface area contributed by atoms with Crippen LogP contribution in [0.15, 0.2) is 47.5 Å². The highest BCUT2D eigenvalue weighted by Crippen LogP contribution is 2.14. The molecule has 0 spiro atoms. The molecule has 0 aromatic heterocycles. The van der Waals surface area contributed by atoms with Gasteiger partial charge in [0.15, 0.2) is 5.96 Å².